The van der Waals surface area contributed by atoms with Crippen LogP contribution in [0, 0.1) is 0 Å². The number of unbranched alkanes of at least 4 members (excludes halogenated alkanes) is 11. The predicted octanol–water partition coefficient (Wildman–Crippen LogP) is 5.60. The number of hydrogen-bond donors (Lipinski definition) is 1. The molecule has 2 aromatic heterocycles. The first-order valence-corrected chi connectivity index (χ1v) is 9.54. The number of H-pyrrole nitrogens is 1. The van der Waals surface area contributed by atoms with E-state index < -0.39 is 0 Å². The van der Waals surface area contributed by atoms with Crippen LogP contribution in [0.15, 0.2) is 12.7 Å². The van der Waals surface area contributed by atoms with Crippen molar-refractivity contribution in [3.8, 4) is 0 Å². The lowest BCUT2D eigenvalue weighted by Gasteiger charge is -2.03. The van der Waals surface area contributed by atoms with E-state index in [9.17, 15) is 0 Å². The highest BCUT2D eigenvalue weighted by Crippen LogP contribution is 2.15. The number of nitrogens with zero attached hydrogens (tertiary/aromatic N) is 3. The van der Waals surface area contributed by atoms with E-state index in [0.717, 1.165) is 23.3 Å². The molecule has 128 valence electrons. The molecular weight excluding hydrogens is 284 g/mol. The molecule has 4 heteroatoms. The largest absolute Gasteiger partial charge is 0.342 e. The third-order valence-electron chi connectivity index (χ3n) is 4.57. The molecule has 0 aliphatic carbocycles. The Morgan fingerprint density at radius 1 is 0.739 bits per heavy atom. The van der Waals surface area contributed by atoms with Gasteiger partial charge in [-0.1, -0.05) is 77.6 Å². The van der Waals surface area contributed by atoms with Crippen LogP contribution in [0.1, 0.15) is 89.7 Å². The molecule has 0 unspecified atom stereocenters. The maximum atomic E-state index is 4.39. The van der Waals surface area contributed by atoms with Gasteiger partial charge in [-0.2, -0.15) is 0 Å². The van der Waals surface area contributed by atoms with Gasteiger partial charge in [-0.05, 0) is 12.8 Å². The fraction of sp³-hybridized carbons (Fsp3) is 0.737. The van der Waals surface area contributed by atoms with Gasteiger partial charge in [-0.15, -0.1) is 0 Å². The Hall–Kier alpha value is -1.45. The molecule has 0 bridgehead atoms. The summed E-state index contributed by atoms with van der Waals surface area (Å²) in [6, 6.07) is 0. The smallest absolute Gasteiger partial charge is 0.180 e. The Morgan fingerprint density at radius 2 is 1.35 bits per heavy atom. The van der Waals surface area contributed by atoms with Crippen molar-refractivity contribution in [3.63, 3.8) is 0 Å². The molecule has 2 heterocycles. The van der Waals surface area contributed by atoms with E-state index in [1.165, 1.54) is 77.0 Å². The molecule has 0 radical (unpaired) electrons. The molecule has 2 rings (SSSR count). The highest BCUT2D eigenvalue weighted by molar-refractivity contribution is 5.71. The number of aryl methyl sites for hydroxylation is 1. The van der Waals surface area contributed by atoms with Gasteiger partial charge in [0.2, 0.25) is 0 Å². The summed E-state index contributed by atoms with van der Waals surface area (Å²) in [6.45, 7) is 2.28. The number of aromatic amines is 1. The summed E-state index contributed by atoms with van der Waals surface area (Å²) >= 11 is 0. The average molecular weight is 316 g/mol. The number of nitrogens with one attached hydrogen (secondary N) is 1. The summed E-state index contributed by atoms with van der Waals surface area (Å²) in [7, 11) is 0. The Bertz CT molecular complexity index is 535. The van der Waals surface area contributed by atoms with Crippen molar-refractivity contribution >= 4 is 11.2 Å². The number of hydrogen-bond acceptors (Lipinski definition) is 3. The highest BCUT2D eigenvalue weighted by Gasteiger charge is 2.04. The summed E-state index contributed by atoms with van der Waals surface area (Å²) in [5.74, 6) is 0. The second-order valence-electron chi connectivity index (χ2n) is 6.56. The summed E-state index contributed by atoms with van der Waals surface area (Å²) in [5.41, 5.74) is 2.91. The number of fused-ring (bicyclic) bond motifs is 1. The molecule has 0 saturated heterocycles. The fourth-order valence-corrected chi connectivity index (χ4v) is 3.14. The first kappa shape index (κ1) is 17.9. The Morgan fingerprint density at radius 3 is 2.00 bits per heavy atom. The van der Waals surface area contributed by atoms with Crippen LogP contribution in [0.2, 0.25) is 0 Å². The molecule has 23 heavy (non-hydrogen) atoms. The molecule has 0 amide bonds. The monoisotopic (exact) mass is 316 g/mol. The summed E-state index contributed by atoms with van der Waals surface area (Å²) < 4.78 is 0. The molecule has 4 nitrogen and oxygen atoms in total. The van der Waals surface area contributed by atoms with Gasteiger partial charge in [0.25, 0.3) is 0 Å². The number of imidazole rings is 1. The van der Waals surface area contributed by atoms with Gasteiger partial charge >= 0.3 is 0 Å². The van der Waals surface area contributed by atoms with E-state index in [-0.39, 0.29) is 0 Å². The van der Waals surface area contributed by atoms with Crippen molar-refractivity contribution in [2.75, 3.05) is 0 Å². The Labute approximate surface area is 140 Å². The molecular formula is C19H32N4. The van der Waals surface area contributed by atoms with Crippen molar-refractivity contribution in [1.82, 2.24) is 19.9 Å². The van der Waals surface area contributed by atoms with Gasteiger partial charge in [0, 0.05) is 0 Å². The van der Waals surface area contributed by atoms with Crippen LogP contribution < -0.4 is 0 Å². The minimum absolute atomic E-state index is 0.786. The van der Waals surface area contributed by atoms with Crippen molar-refractivity contribution in [1.29, 1.82) is 0 Å². The van der Waals surface area contributed by atoms with Gasteiger partial charge < -0.3 is 4.98 Å². The zero-order valence-corrected chi connectivity index (χ0v) is 14.7. The minimum atomic E-state index is 0.786. The lowest BCUT2D eigenvalue weighted by Crippen LogP contribution is -1.94. The first-order chi connectivity index (χ1) is 11.4. The van der Waals surface area contributed by atoms with E-state index in [1.807, 2.05) is 0 Å². The van der Waals surface area contributed by atoms with Crippen LogP contribution in [-0.4, -0.2) is 19.9 Å². The highest BCUT2D eigenvalue weighted by atomic mass is 15.0. The lowest BCUT2D eigenvalue weighted by molar-refractivity contribution is 0.543. The molecule has 0 fully saturated rings. The van der Waals surface area contributed by atoms with Crippen LogP contribution in [0.3, 0.4) is 0 Å². The quantitative estimate of drug-likeness (QED) is 0.490. The van der Waals surface area contributed by atoms with Crippen molar-refractivity contribution in [2.24, 2.45) is 0 Å². The SMILES string of the molecule is CCCCCCCCCCCCCCc1ncnc2nc[nH]c12. The normalized spacial score (nSPS) is 11.3. The molecule has 2 aromatic rings. The van der Waals surface area contributed by atoms with Gasteiger partial charge in [0.1, 0.15) is 11.8 Å². The van der Waals surface area contributed by atoms with Gasteiger partial charge in [-0.3, -0.25) is 0 Å². The minimum Gasteiger partial charge on any atom is -0.342 e. The molecule has 0 spiro atoms. The van der Waals surface area contributed by atoms with Gasteiger partial charge in [0.15, 0.2) is 5.65 Å². The number of aromatic nitrogens is 4. The van der Waals surface area contributed by atoms with Crippen LogP contribution in [-0.2, 0) is 6.42 Å². The van der Waals surface area contributed by atoms with Crippen LogP contribution in [0.5, 0.6) is 0 Å². The van der Waals surface area contributed by atoms with E-state index in [0.29, 0.717) is 0 Å². The van der Waals surface area contributed by atoms with E-state index in [2.05, 4.69) is 26.9 Å². The van der Waals surface area contributed by atoms with E-state index >= 15 is 0 Å². The summed E-state index contributed by atoms with van der Waals surface area (Å²) in [6.07, 6.45) is 20.9. The third kappa shape index (κ3) is 6.67. The molecule has 0 aliphatic rings. The zero-order chi connectivity index (χ0) is 16.2. The topological polar surface area (TPSA) is 54.5 Å². The Kier molecular flexibility index (Phi) is 8.67. The maximum Gasteiger partial charge on any atom is 0.180 e. The Balaban J connectivity index is 1.45. The zero-order valence-electron chi connectivity index (χ0n) is 14.7. The van der Waals surface area contributed by atoms with Gasteiger partial charge in [-0.25, -0.2) is 15.0 Å². The molecule has 0 atom stereocenters. The van der Waals surface area contributed by atoms with Crippen molar-refractivity contribution in [2.45, 2.75) is 90.4 Å². The van der Waals surface area contributed by atoms with Crippen LogP contribution >= 0.6 is 0 Å². The third-order valence-corrected chi connectivity index (χ3v) is 4.57. The molecule has 0 aromatic carbocycles. The maximum absolute atomic E-state index is 4.39. The second-order valence-corrected chi connectivity index (χ2v) is 6.56. The molecule has 0 saturated carbocycles. The van der Waals surface area contributed by atoms with Crippen LogP contribution in [0.4, 0.5) is 0 Å². The first-order valence-electron chi connectivity index (χ1n) is 9.54. The van der Waals surface area contributed by atoms with Crippen molar-refractivity contribution < 1.29 is 0 Å². The van der Waals surface area contributed by atoms with E-state index in [4.69, 9.17) is 0 Å². The molecule has 1 N–H and O–H groups in total. The van der Waals surface area contributed by atoms with Gasteiger partial charge in [0.05, 0.1) is 12.0 Å². The molecule has 0 aliphatic heterocycles. The standard InChI is InChI=1S/C19H32N4/c1-2-3-4-5-6-7-8-9-10-11-12-13-14-17-18-19(22-15-20-17)23-16-21-18/h15-16H,2-14H2,1H3,(H,20,21,22,23). The summed E-state index contributed by atoms with van der Waals surface area (Å²) in [4.78, 5) is 15.9. The summed E-state index contributed by atoms with van der Waals surface area (Å²) in [5, 5.41) is 0. The predicted molar refractivity (Wildman–Crippen MR) is 96.5 cm³/mol. The number of rotatable bonds is 13. The van der Waals surface area contributed by atoms with Crippen molar-refractivity contribution in [3.05, 3.63) is 18.3 Å². The van der Waals surface area contributed by atoms with Crippen LogP contribution in [0.25, 0.3) is 11.2 Å². The fourth-order valence-electron chi connectivity index (χ4n) is 3.14. The average Bonchev–Trinajstić information content (AvgIpc) is 3.05. The lowest BCUT2D eigenvalue weighted by atomic mass is 10.0. The second kappa shape index (κ2) is 11.1. The van der Waals surface area contributed by atoms with E-state index in [1.54, 1.807) is 12.7 Å².